The minimum absolute atomic E-state index is 0.0897. The molecule has 1 N–H and O–H groups in total. The minimum atomic E-state index is -0.497. The summed E-state index contributed by atoms with van der Waals surface area (Å²) in [5.74, 6) is 0.272. The highest BCUT2D eigenvalue weighted by Crippen LogP contribution is 2.38. The number of hydrogen-bond donors (Lipinski definition) is 1. The third-order valence-electron chi connectivity index (χ3n) is 6.48. The van der Waals surface area contributed by atoms with Crippen molar-refractivity contribution in [1.29, 1.82) is 0 Å². The Hall–Kier alpha value is -2.62. The van der Waals surface area contributed by atoms with E-state index in [1.165, 1.54) is 22.3 Å². The van der Waals surface area contributed by atoms with Crippen molar-refractivity contribution < 1.29 is 9.59 Å². The van der Waals surface area contributed by atoms with E-state index in [-0.39, 0.29) is 17.9 Å². The Bertz CT molecular complexity index is 963. The van der Waals surface area contributed by atoms with Gasteiger partial charge in [-0.3, -0.25) is 9.59 Å². The van der Waals surface area contributed by atoms with Gasteiger partial charge in [-0.25, -0.2) is 0 Å². The van der Waals surface area contributed by atoms with E-state index in [4.69, 9.17) is 0 Å². The van der Waals surface area contributed by atoms with E-state index in [0.717, 1.165) is 0 Å². The van der Waals surface area contributed by atoms with E-state index in [1.807, 2.05) is 39.5 Å². The van der Waals surface area contributed by atoms with E-state index in [1.54, 1.807) is 0 Å². The van der Waals surface area contributed by atoms with Gasteiger partial charge in [-0.15, -0.1) is 0 Å². The van der Waals surface area contributed by atoms with Crippen LogP contribution in [0.1, 0.15) is 58.6 Å². The molecule has 0 unspecified atom stereocenters. The number of carbonyl (C=O) groups is 2. The summed E-state index contributed by atoms with van der Waals surface area (Å²) in [7, 11) is 0. The summed E-state index contributed by atoms with van der Waals surface area (Å²) in [6.07, 6.45) is 2.05. The SMILES string of the molecule is Cc1ccccc1-c1cccc(CC2(C(=O)NC(C)C)CCN(C(=O)C(C)(C)C)CC2)c1. The first-order valence-corrected chi connectivity index (χ1v) is 11.8. The summed E-state index contributed by atoms with van der Waals surface area (Å²) in [4.78, 5) is 28.1. The molecule has 0 spiro atoms. The molecule has 4 nitrogen and oxygen atoms in total. The van der Waals surface area contributed by atoms with Crippen LogP contribution in [0.3, 0.4) is 0 Å². The summed E-state index contributed by atoms with van der Waals surface area (Å²) >= 11 is 0. The minimum Gasteiger partial charge on any atom is -0.353 e. The molecule has 0 aromatic heterocycles. The van der Waals surface area contributed by atoms with Gasteiger partial charge < -0.3 is 10.2 Å². The molecular formula is C28H38N2O2. The molecule has 2 aromatic carbocycles. The van der Waals surface area contributed by atoms with Gasteiger partial charge in [0.1, 0.15) is 0 Å². The molecule has 1 aliphatic rings. The van der Waals surface area contributed by atoms with Crippen LogP contribution in [-0.4, -0.2) is 35.8 Å². The number of benzene rings is 2. The molecule has 172 valence electrons. The van der Waals surface area contributed by atoms with Gasteiger partial charge in [0.15, 0.2) is 0 Å². The highest BCUT2D eigenvalue weighted by atomic mass is 16.2. The topological polar surface area (TPSA) is 49.4 Å². The number of likely N-dealkylation sites (tertiary alicyclic amines) is 1. The normalized spacial score (nSPS) is 16.2. The maximum Gasteiger partial charge on any atom is 0.227 e. The Morgan fingerprint density at radius 1 is 1.03 bits per heavy atom. The van der Waals surface area contributed by atoms with E-state index in [2.05, 4.69) is 60.8 Å². The lowest BCUT2D eigenvalue weighted by atomic mass is 9.72. The molecule has 2 aromatic rings. The van der Waals surface area contributed by atoms with Crippen LogP contribution < -0.4 is 5.32 Å². The fourth-order valence-electron chi connectivity index (χ4n) is 4.65. The van der Waals surface area contributed by atoms with Crippen LogP contribution in [0, 0.1) is 17.8 Å². The summed E-state index contributed by atoms with van der Waals surface area (Å²) in [5.41, 5.74) is 3.91. The van der Waals surface area contributed by atoms with Crippen molar-refractivity contribution in [2.75, 3.05) is 13.1 Å². The maximum atomic E-state index is 13.4. The zero-order valence-corrected chi connectivity index (χ0v) is 20.5. The Balaban J connectivity index is 1.87. The number of piperidine rings is 1. The molecular weight excluding hydrogens is 396 g/mol. The molecule has 32 heavy (non-hydrogen) atoms. The lowest BCUT2D eigenvalue weighted by Crippen LogP contribution is -2.53. The molecule has 1 fully saturated rings. The zero-order chi connectivity index (χ0) is 23.5. The maximum absolute atomic E-state index is 13.4. The van der Waals surface area contributed by atoms with Gasteiger partial charge in [0.05, 0.1) is 5.41 Å². The Morgan fingerprint density at radius 3 is 2.28 bits per heavy atom. The molecule has 1 saturated heterocycles. The van der Waals surface area contributed by atoms with Crippen LogP contribution in [-0.2, 0) is 16.0 Å². The van der Waals surface area contributed by atoms with Crippen molar-refractivity contribution in [3.8, 4) is 11.1 Å². The van der Waals surface area contributed by atoms with E-state index >= 15 is 0 Å². The smallest absolute Gasteiger partial charge is 0.227 e. The fourth-order valence-corrected chi connectivity index (χ4v) is 4.65. The average molecular weight is 435 g/mol. The van der Waals surface area contributed by atoms with Crippen molar-refractivity contribution >= 4 is 11.8 Å². The summed E-state index contributed by atoms with van der Waals surface area (Å²) in [5, 5.41) is 3.16. The molecule has 0 atom stereocenters. The molecule has 1 aliphatic heterocycles. The highest BCUT2D eigenvalue weighted by molar-refractivity contribution is 5.85. The largest absolute Gasteiger partial charge is 0.353 e. The number of rotatable bonds is 5. The number of carbonyl (C=O) groups excluding carboxylic acids is 2. The molecule has 4 heteroatoms. The summed E-state index contributed by atoms with van der Waals surface area (Å²) in [6.45, 7) is 13.3. The second-order valence-corrected chi connectivity index (χ2v) is 10.6. The first-order valence-electron chi connectivity index (χ1n) is 11.8. The average Bonchev–Trinajstić information content (AvgIpc) is 2.73. The van der Waals surface area contributed by atoms with Crippen molar-refractivity contribution in [3.05, 3.63) is 59.7 Å². The monoisotopic (exact) mass is 434 g/mol. The molecule has 0 saturated carbocycles. The van der Waals surface area contributed by atoms with Crippen molar-refractivity contribution in [3.63, 3.8) is 0 Å². The van der Waals surface area contributed by atoms with E-state index in [0.29, 0.717) is 32.4 Å². The summed E-state index contributed by atoms with van der Waals surface area (Å²) < 4.78 is 0. The number of nitrogens with one attached hydrogen (secondary N) is 1. The first-order chi connectivity index (χ1) is 15.0. The highest BCUT2D eigenvalue weighted by Gasteiger charge is 2.43. The van der Waals surface area contributed by atoms with Gasteiger partial charge in [0.25, 0.3) is 0 Å². The summed E-state index contributed by atoms with van der Waals surface area (Å²) in [6, 6.07) is 17.0. The standard InChI is InChI=1S/C28H38N2O2/c1-20(2)29-25(31)28(14-16-30(17-15-28)26(32)27(4,5)6)19-22-11-9-12-23(18-22)24-13-8-7-10-21(24)3/h7-13,18,20H,14-17,19H2,1-6H3,(H,29,31). The van der Waals surface area contributed by atoms with Crippen LogP contribution >= 0.6 is 0 Å². The molecule has 3 rings (SSSR count). The van der Waals surface area contributed by atoms with Crippen LogP contribution in [0.2, 0.25) is 0 Å². The molecule has 1 heterocycles. The second-order valence-electron chi connectivity index (χ2n) is 10.6. The van der Waals surface area contributed by atoms with E-state index in [9.17, 15) is 9.59 Å². The number of aryl methyl sites for hydroxylation is 1. The van der Waals surface area contributed by atoms with Crippen LogP contribution in [0.15, 0.2) is 48.5 Å². The van der Waals surface area contributed by atoms with Gasteiger partial charge in [-0.1, -0.05) is 69.3 Å². The number of nitrogens with zero attached hydrogens (tertiary/aromatic N) is 1. The quantitative estimate of drug-likeness (QED) is 0.686. The van der Waals surface area contributed by atoms with Gasteiger partial charge in [-0.05, 0) is 62.3 Å². The van der Waals surface area contributed by atoms with Crippen molar-refractivity contribution in [1.82, 2.24) is 10.2 Å². The lowest BCUT2D eigenvalue weighted by Gasteiger charge is -2.42. The van der Waals surface area contributed by atoms with Crippen molar-refractivity contribution in [2.24, 2.45) is 10.8 Å². The predicted octanol–water partition coefficient (Wildman–Crippen LogP) is 5.38. The molecule has 2 amide bonds. The van der Waals surface area contributed by atoms with Gasteiger partial charge in [-0.2, -0.15) is 0 Å². The molecule has 0 radical (unpaired) electrons. The van der Waals surface area contributed by atoms with E-state index < -0.39 is 10.8 Å². The third kappa shape index (κ3) is 5.40. The number of amides is 2. The van der Waals surface area contributed by atoms with Gasteiger partial charge in [0, 0.05) is 24.5 Å². The second kappa shape index (κ2) is 9.48. The third-order valence-corrected chi connectivity index (χ3v) is 6.48. The number of hydrogen-bond acceptors (Lipinski definition) is 2. The van der Waals surface area contributed by atoms with Crippen LogP contribution in [0.5, 0.6) is 0 Å². The van der Waals surface area contributed by atoms with Gasteiger partial charge in [0.2, 0.25) is 11.8 Å². The molecule has 0 aliphatic carbocycles. The Kier molecular flexibility index (Phi) is 7.12. The predicted molar refractivity (Wildman–Crippen MR) is 131 cm³/mol. The van der Waals surface area contributed by atoms with Crippen molar-refractivity contribution in [2.45, 2.75) is 66.8 Å². The van der Waals surface area contributed by atoms with Crippen LogP contribution in [0.4, 0.5) is 0 Å². The Morgan fingerprint density at radius 2 is 1.69 bits per heavy atom. The van der Waals surface area contributed by atoms with Gasteiger partial charge >= 0.3 is 0 Å². The Labute approximate surface area is 193 Å². The van der Waals surface area contributed by atoms with Crippen LogP contribution in [0.25, 0.3) is 11.1 Å². The first kappa shape index (κ1) is 24.0. The fraction of sp³-hybridized carbons (Fsp3) is 0.500. The lowest BCUT2D eigenvalue weighted by molar-refractivity contribution is -0.146. The molecule has 0 bridgehead atoms. The zero-order valence-electron chi connectivity index (χ0n) is 20.5.